The number of phenols is 1. The molecule has 7 nitrogen and oxygen atoms in total. The van der Waals surface area contributed by atoms with Crippen LogP contribution < -0.4 is 9.47 Å². The average Bonchev–Trinajstić information content (AvgIpc) is 2.85. The summed E-state index contributed by atoms with van der Waals surface area (Å²) in [5, 5.41) is 10.8. The maximum absolute atomic E-state index is 13.2. The van der Waals surface area contributed by atoms with Gasteiger partial charge < -0.3 is 24.2 Å². The van der Waals surface area contributed by atoms with Crippen molar-refractivity contribution in [2.45, 2.75) is 37.8 Å². The van der Waals surface area contributed by atoms with Crippen LogP contribution >= 0.6 is 11.6 Å². The Kier molecular flexibility index (Phi) is 8.19. The Morgan fingerprint density at radius 2 is 1.88 bits per heavy atom. The lowest BCUT2D eigenvalue weighted by molar-refractivity contribution is -0.157. The number of morpholine rings is 1. The van der Waals surface area contributed by atoms with E-state index in [-0.39, 0.29) is 24.7 Å². The van der Waals surface area contributed by atoms with Gasteiger partial charge in [-0.15, -0.1) is 0 Å². The van der Waals surface area contributed by atoms with Crippen molar-refractivity contribution in [3.63, 3.8) is 0 Å². The molecule has 34 heavy (non-hydrogen) atoms. The number of ether oxygens (including phenoxy) is 3. The van der Waals surface area contributed by atoms with E-state index < -0.39 is 5.60 Å². The first kappa shape index (κ1) is 24.6. The Bertz CT molecular complexity index is 964. The Hall–Kier alpha value is -2.48. The largest absolute Gasteiger partial charge is 0.504 e. The predicted octanol–water partition coefficient (Wildman–Crippen LogP) is 4.11. The van der Waals surface area contributed by atoms with E-state index in [2.05, 4.69) is 4.90 Å². The molecule has 1 amide bonds. The molecule has 2 saturated heterocycles. The Morgan fingerprint density at radius 3 is 2.59 bits per heavy atom. The summed E-state index contributed by atoms with van der Waals surface area (Å²) >= 11 is 6.01. The third-order valence-corrected chi connectivity index (χ3v) is 6.73. The molecule has 0 unspecified atom stereocenters. The van der Waals surface area contributed by atoms with E-state index in [0.29, 0.717) is 36.2 Å². The molecule has 2 fully saturated rings. The Labute approximate surface area is 206 Å². The molecule has 184 valence electrons. The van der Waals surface area contributed by atoms with Gasteiger partial charge in [-0.25, -0.2) is 0 Å². The van der Waals surface area contributed by atoms with Crippen molar-refractivity contribution in [3.05, 3.63) is 53.1 Å². The highest BCUT2D eigenvalue weighted by molar-refractivity contribution is 6.30. The highest BCUT2D eigenvalue weighted by Gasteiger charge is 2.41. The van der Waals surface area contributed by atoms with Crippen LogP contribution in [0.5, 0.6) is 17.2 Å². The second-order valence-electron chi connectivity index (χ2n) is 9.11. The highest BCUT2D eigenvalue weighted by atomic mass is 35.5. The summed E-state index contributed by atoms with van der Waals surface area (Å²) in [5.74, 6) is 1.37. The second kappa shape index (κ2) is 11.3. The molecule has 2 aliphatic heterocycles. The van der Waals surface area contributed by atoms with Gasteiger partial charge in [-0.3, -0.25) is 9.69 Å². The maximum atomic E-state index is 13.2. The number of rotatable bonds is 8. The van der Waals surface area contributed by atoms with E-state index in [4.69, 9.17) is 25.8 Å². The van der Waals surface area contributed by atoms with Crippen molar-refractivity contribution in [2.75, 3.05) is 46.5 Å². The summed E-state index contributed by atoms with van der Waals surface area (Å²) < 4.78 is 17.5. The van der Waals surface area contributed by atoms with Crippen LogP contribution in [0.25, 0.3) is 0 Å². The number of aromatic hydroxyl groups is 1. The monoisotopic (exact) mass is 488 g/mol. The van der Waals surface area contributed by atoms with Crippen molar-refractivity contribution < 1.29 is 24.1 Å². The molecule has 4 rings (SSSR count). The first-order chi connectivity index (χ1) is 16.5. The molecule has 2 aromatic rings. The molecule has 0 spiro atoms. The fourth-order valence-electron chi connectivity index (χ4n) is 4.67. The van der Waals surface area contributed by atoms with Gasteiger partial charge in [0.1, 0.15) is 18.0 Å². The minimum atomic E-state index is -0.763. The standard InChI is InChI=1S/C26H33ClN2O5/c1-32-24-10-5-20(15-23(24)30)17-28-13-14-34-26(18-28,16-25(31)29-11-3-2-4-12-29)19-33-22-8-6-21(27)7-9-22/h5-10,15,30H,2-4,11-14,16-19H2,1H3/t26-/m0/s1. The second-order valence-corrected chi connectivity index (χ2v) is 9.55. The SMILES string of the molecule is COc1ccc(CN2CCO[C@@](COc3ccc(Cl)cc3)(CC(=O)N3CCCCC3)C2)cc1O. The molecule has 0 bridgehead atoms. The summed E-state index contributed by atoms with van der Waals surface area (Å²) in [6.45, 7) is 4.28. The van der Waals surface area contributed by atoms with E-state index in [1.165, 1.54) is 13.5 Å². The molecule has 2 aliphatic rings. The number of nitrogens with zero attached hydrogens (tertiary/aromatic N) is 2. The van der Waals surface area contributed by atoms with Gasteiger partial charge in [0, 0.05) is 37.7 Å². The lowest BCUT2D eigenvalue weighted by Crippen LogP contribution is -2.57. The van der Waals surface area contributed by atoms with E-state index in [1.807, 2.05) is 23.1 Å². The minimum Gasteiger partial charge on any atom is -0.504 e. The zero-order valence-corrected chi connectivity index (χ0v) is 20.4. The number of halogens is 1. The van der Waals surface area contributed by atoms with Crippen LogP contribution in [0.4, 0.5) is 0 Å². The molecular weight excluding hydrogens is 456 g/mol. The van der Waals surface area contributed by atoms with Crippen LogP contribution in [0.15, 0.2) is 42.5 Å². The van der Waals surface area contributed by atoms with Gasteiger partial charge >= 0.3 is 0 Å². The number of amides is 1. The van der Waals surface area contributed by atoms with Crippen LogP contribution in [-0.2, 0) is 16.1 Å². The van der Waals surface area contributed by atoms with Crippen molar-refractivity contribution in [1.82, 2.24) is 9.80 Å². The first-order valence-corrected chi connectivity index (χ1v) is 12.2. The van der Waals surface area contributed by atoms with E-state index >= 15 is 0 Å². The molecule has 0 radical (unpaired) electrons. The lowest BCUT2D eigenvalue weighted by Gasteiger charge is -2.43. The quantitative estimate of drug-likeness (QED) is 0.603. The van der Waals surface area contributed by atoms with Crippen molar-refractivity contribution in [2.24, 2.45) is 0 Å². The fraction of sp³-hybridized carbons (Fsp3) is 0.500. The molecule has 0 aromatic heterocycles. The van der Waals surface area contributed by atoms with Crippen molar-refractivity contribution in [3.8, 4) is 17.2 Å². The molecule has 1 N–H and O–H groups in total. The van der Waals surface area contributed by atoms with Gasteiger partial charge in [-0.2, -0.15) is 0 Å². The number of hydrogen-bond donors (Lipinski definition) is 1. The van der Waals surface area contributed by atoms with Crippen LogP contribution in [0.2, 0.25) is 5.02 Å². The van der Waals surface area contributed by atoms with E-state index in [0.717, 1.165) is 38.0 Å². The van der Waals surface area contributed by atoms with Gasteiger partial charge in [0.15, 0.2) is 11.5 Å². The van der Waals surface area contributed by atoms with Gasteiger partial charge in [0.25, 0.3) is 0 Å². The number of piperidine rings is 1. The normalized spacial score (nSPS) is 21.3. The maximum Gasteiger partial charge on any atom is 0.225 e. The third kappa shape index (κ3) is 6.34. The smallest absolute Gasteiger partial charge is 0.225 e. The van der Waals surface area contributed by atoms with E-state index in [1.54, 1.807) is 24.3 Å². The molecular formula is C26H33ClN2O5. The summed E-state index contributed by atoms with van der Waals surface area (Å²) in [6, 6.07) is 12.6. The average molecular weight is 489 g/mol. The van der Waals surface area contributed by atoms with Gasteiger partial charge in [0.2, 0.25) is 5.91 Å². The van der Waals surface area contributed by atoms with Crippen LogP contribution in [0.1, 0.15) is 31.2 Å². The Balaban J connectivity index is 1.48. The molecule has 0 aliphatic carbocycles. The molecule has 8 heteroatoms. The first-order valence-electron chi connectivity index (χ1n) is 11.8. The zero-order chi connectivity index (χ0) is 24.0. The zero-order valence-electron chi connectivity index (χ0n) is 19.7. The van der Waals surface area contributed by atoms with Crippen molar-refractivity contribution >= 4 is 17.5 Å². The van der Waals surface area contributed by atoms with E-state index in [9.17, 15) is 9.90 Å². The summed E-state index contributed by atoms with van der Waals surface area (Å²) in [4.78, 5) is 17.4. The van der Waals surface area contributed by atoms with Gasteiger partial charge in [-0.05, 0) is 61.2 Å². The summed E-state index contributed by atoms with van der Waals surface area (Å²) in [5.41, 5.74) is 0.205. The number of hydrogen-bond acceptors (Lipinski definition) is 6. The third-order valence-electron chi connectivity index (χ3n) is 6.47. The number of carbonyl (C=O) groups is 1. The van der Waals surface area contributed by atoms with Crippen LogP contribution in [0.3, 0.4) is 0 Å². The predicted molar refractivity (Wildman–Crippen MR) is 131 cm³/mol. The molecule has 2 heterocycles. The van der Waals surface area contributed by atoms with Crippen LogP contribution in [-0.4, -0.2) is 72.9 Å². The molecule has 2 aromatic carbocycles. The number of carbonyl (C=O) groups excluding carboxylic acids is 1. The number of benzene rings is 2. The van der Waals surface area contributed by atoms with Crippen LogP contribution in [0, 0.1) is 0 Å². The summed E-state index contributed by atoms with van der Waals surface area (Å²) in [7, 11) is 1.53. The van der Waals surface area contributed by atoms with Gasteiger partial charge in [-0.1, -0.05) is 17.7 Å². The van der Waals surface area contributed by atoms with Crippen molar-refractivity contribution in [1.29, 1.82) is 0 Å². The number of phenolic OH excluding ortho intramolecular Hbond substituents is 1. The Morgan fingerprint density at radius 1 is 1.12 bits per heavy atom. The number of likely N-dealkylation sites (tertiary alicyclic amines) is 1. The number of methoxy groups -OCH3 is 1. The molecule has 0 saturated carbocycles. The topological polar surface area (TPSA) is 71.5 Å². The fourth-order valence-corrected chi connectivity index (χ4v) is 4.80. The lowest BCUT2D eigenvalue weighted by atomic mass is 9.95. The highest BCUT2D eigenvalue weighted by Crippen LogP contribution is 2.30. The molecule has 1 atom stereocenters. The van der Waals surface area contributed by atoms with Gasteiger partial charge in [0.05, 0.1) is 20.1 Å². The summed E-state index contributed by atoms with van der Waals surface area (Å²) in [6.07, 6.45) is 3.54. The minimum absolute atomic E-state index is 0.114.